The first kappa shape index (κ1) is 29.2. The van der Waals surface area contributed by atoms with E-state index in [9.17, 15) is 0 Å². The van der Waals surface area contributed by atoms with Gasteiger partial charge < -0.3 is 0 Å². The molecule has 0 aliphatic carbocycles. The Morgan fingerprint density at radius 3 is 0.444 bits per heavy atom. The van der Waals surface area contributed by atoms with Crippen LogP contribution in [0.2, 0.25) is 0 Å². The van der Waals surface area contributed by atoms with E-state index in [0.717, 1.165) is 0 Å². The average Bonchev–Trinajstić information content (AvgIpc) is 2.03. The molecule has 0 N–H and O–H groups in total. The predicted octanol–water partition coefficient (Wildman–Crippen LogP) is -4.12. The Morgan fingerprint density at radius 1 is 0.444 bits per heavy atom. The summed E-state index contributed by atoms with van der Waals surface area (Å²) in [5.41, 5.74) is 0. The van der Waals surface area contributed by atoms with Gasteiger partial charge in [-0.3, -0.25) is 0 Å². The molecule has 9 heavy (non-hydrogen) atoms. The second-order valence-corrected chi connectivity index (χ2v) is 0. The summed E-state index contributed by atoms with van der Waals surface area (Å²) in [6, 6.07) is 0. The van der Waals surface area contributed by atoms with E-state index in [0.29, 0.717) is 0 Å². The molecule has 0 saturated carbocycles. The molecule has 0 unspecified atom stereocenters. The predicted molar refractivity (Wildman–Crippen MR) is 51.6 cm³/mol. The van der Waals surface area contributed by atoms with E-state index in [1.54, 1.807) is 0 Å². The van der Waals surface area contributed by atoms with Crippen LogP contribution in [-0.4, -0.2) is 114 Å². The molecule has 0 fully saturated rings. The fraction of sp³-hybridized carbons (Fsp3) is 0. The second kappa shape index (κ2) is 73.1. The fourth-order valence-electron chi connectivity index (χ4n) is 0. The van der Waals surface area contributed by atoms with E-state index in [1.165, 1.54) is 0 Å². The van der Waals surface area contributed by atoms with Crippen molar-refractivity contribution >= 4 is 114 Å². The molecule has 0 aromatic rings. The maximum Gasteiger partial charge on any atom is 4.00 e. The van der Waals surface area contributed by atoms with Crippen molar-refractivity contribution < 1.29 is 21.1 Å². The summed E-state index contributed by atoms with van der Waals surface area (Å²) >= 11 is 17.0. The molecule has 0 radical (unpaired) electrons. The van der Waals surface area contributed by atoms with Gasteiger partial charge in [-0.1, -0.05) is 0 Å². The van der Waals surface area contributed by atoms with Gasteiger partial charge >= 0.3 is 135 Å². The molecular weight excluding hydrogens is 783 g/mol. The summed E-state index contributed by atoms with van der Waals surface area (Å²) in [5, 5.41) is 0. The first-order valence-corrected chi connectivity index (χ1v) is 24.1. The second-order valence-electron chi connectivity index (χ2n) is 0. The molecule has 0 spiro atoms. The van der Waals surface area contributed by atoms with Crippen LogP contribution in [-0.2, 0) is 21.1 Å². The van der Waals surface area contributed by atoms with Gasteiger partial charge in [-0.2, -0.15) is 0 Å². The average molecular weight is 787 g/mol. The molecule has 50 valence electrons. The largest absolute Gasteiger partial charge is 4.00 e. The molecule has 0 amide bonds. The molecule has 0 bridgehead atoms. The van der Waals surface area contributed by atoms with Crippen molar-refractivity contribution in [1.29, 1.82) is 0 Å². The zero-order valence-corrected chi connectivity index (χ0v) is 23.0. The van der Waals surface area contributed by atoms with E-state index in [1.807, 2.05) is 57.0 Å². The van der Waals surface area contributed by atoms with Crippen LogP contribution in [0.25, 0.3) is 0 Å². The number of hydrogen-bond donors (Lipinski definition) is 0. The summed E-state index contributed by atoms with van der Waals surface area (Å²) in [4.78, 5) is 0. The normalized spacial score (nSPS) is 1.78. The van der Waals surface area contributed by atoms with Crippen LogP contribution in [0.15, 0.2) is 0 Å². The van der Waals surface area contributed by atoms with Gasteiger partial charge in [-0.15, -0.1) is 0 Å². The quantitative estimate of drug-likeness (QED) is 0.220. The molecule has 0 atom stereocenters. The standard InChI is InChI=1S/4As2H.W/c4*1-2;/h4*1H;/q4*-1;+4. The van der Waals surface area contributed by atoms with E-state index < -0.39 is 0 Å². The van der Waals surface area contributed by atoms with Crippen LogP contribution in [0.1, 0.15) is 0 Å². The first-order chi connectivity index (χ1) is 4.00. The minimum absolute atomic E-state index is 0. The van der Waals surface area contributed by atoms with Crippen LogP contribution < -0.4 is 0 Å². The van der Waals surface area contributed by atoms with Crippen LogP contribution in [0, 0.1) is 0 Å². The molecule has 0 saturated heterocycles. The smallest absolute Gasteiger partial charge is 4.00 e. The molecule has 0 heterocycles. The number of hydrogen-bond acceptors (Lipinski definition) is 0. The fourth-order valence-corrected chi connectivity index (χ4v) is 0. The van der Waals surface area contributed by atoms with Crippen LogP contribution >= 0.6 is 0 Å². The molecule has 0 rings (SSSR count). The Morgan fingerprint density at radius 2 is 0.444 bits per heavy atom. The zero-order valence-electron chi connectivity index (χ0n) is 4.20. The van der Waals surface area contributed by atoms with Crippen molar-refractivity contribution in [1.82, 2.24) is 0 Å². The Balaban J connectivity index is -0.00000000762. The molecule has 0 aliphatic rings. The van der Waals surface area contributed by atoms with Crippen LogP contribution in [0.4, 0.5) is 0 Å². The zero-order chi connectivity index (χ0) is 8.00. The maximum absolute atomic E-state index is 2.31. The van der Waals surface area contributed by atoms with E-state index in [4.69, 9.17) is 0 Å². The van der Waals surface area contributed by atoms with Gasteiger partial charge in [0.1, 0.15) is 0 Å². The Bertz CT molecular complexity index is 12.5. The molecule has 0 aromatic heterocycles. The molecule has 0 aromatic carbocycles. The molecule has 0 nitrogen and oxygen atoms in total. The number of rotatable bonds is 0. The Kier molecular flexibility index (Phi) is 237. The minimum Gasteiger partial charge on any atom is 4.00 e. The topological polar surface area (TPSA) is 0 Å². The van der Waals surface area contributed by atoms with Crippen molar-refractivity contribution in [3.8, 4) is 0 Å². The van der Waals surface area contributed by atoms with Gasteiger partial charge in [0.15, 0.2) is 0 Å². The summed E-state index contributed by atoms with van der Waals surface area (Å²) in [6.45, 7) is 0. The van der Waals surface area contributed by atoms with Gasteiger partial charge in [-0.25, -0.2) is 0 Å². The third kappa shape index (κ3) is 61.6. The summed E-state index contributed by atoms with van der Waals surface area (Å²) in [7, 11) is 0. The molecule has 9 heteroatoms. The third-order valence-corrected chi connectivity index (χ3v) is 0. The first-order valence-electron chi connectivity index (χ1n) is 0.894. The van der Waals surface area contributed by atoms with Crippen LogP contribution in [0.3, 0.4) is 0 Å². The monoisotopic (exact) mass is 787 g/mol. The van der Waals surface area contributed by atoms with Crippen molar-refractivity contribution in [3.05, 3.63) is 0 Å². The summed E-state index contributed by atoms with van der Waals surface area (Å²) in [5.74, 6) is 0. The molecular formula is H4As8W. The van der Waals surface area contributed by atoms with Crippen LogP contribution in [0.5, 0.6) is 0 Å². The van der Waals surface area contributed by atoms with Crippen molar-refractivity contribution in [3.63, 3.8) is 0 Å². The van der Waals surface area contributed by atoms with E-state index in [2.05, 4.69) is 57.0 Å². The van der Waals surface area contributed by atoms with Gasteiger partial charge in [0, 0.05) is 0 Å². The van der Waals surface area contributed by atoms with Gasteiger partial charge in [0.05, 0.1) is 0 Å². The van der Waals surface area contributed by atoms with E-state index >= 15 is 0 Å². The Hall–Kier alpha value is 5.16. The SMILES string of the molecule is [As-]=[AsH].[As-]=[AsH].[As-]=[AsH].[As-]=[AsH].[W+4]. The maximum atomic E-state index is 2.31. The van der Waals surface area contributed by atoms with Gasteiger partial charge in [0.25, 0.3) is 0 Å². The van der Waals surface area contributed by atoms with Crippen molar-refractivity contribution in [2.75, 3.05) is 0 Å². The minimum atomic E-state index is 0. The Labute approximate surface area is 132 Å². The van der Waals surface area contributed by atoms with Crippen molar-refractivity contribution in [2.45, 2.75) is 0 Å². The van der Waals surface area contributed by atoms with Gasteiger partial charge in [-0.05, 0) is 0 Å². The molecule has 0 aliphatic heterocycles. The van der Waals surface area contributed by atoms with Crippen molar-refractivity contribution in [2.24, 2.45) is 0 Å². The summed E-state index contributed by atoms with van der Waals surface area (Å²) in [6.07, 6.45) is 0. The third-order valence-electron chi connectivity index (χ3n) is 0. The van der Waals surface area contributed by atoms with Gasteiger partial charge in [0.2, 0.25) is 0 Å². The van der Waals surface area contributed by atoms with E-state index in [-0.39, 0.29) is 21.1 Å². The summed E-state index contributed by atoms with van der Waals surface area (Å²) < 4.78 is 0.